The Morgan fingerprint density at radius 1 is 1.19 bits per heavy atom. The van der Waals surface area contributed by atoms with E-state index in [0.29, 0.717) is 48.2 Å². The van der Waals surface area contributed by atoms with Gasteiger partial charge in [0.25, 0.3) is 11.8 Å². The number of nitrogens with one attached hydrogen (secondary N) is 2. The van der Waals surface area contributed by atoms with Crippen LogP contribution >= 0.6 is 0 Å². The number of hydrogen-bond donors (Lipinski definition) is 2. The highest BCUT2D eigenvalue weighted by Gasteiger charge is 2.57. The molecule has 0 aromatic heterocycles. The first kappa shape index (κ1) is 16.9. The van der Waals surface area contributed by atoms with Crippen LogP contribution in [0.15, 0.2) is 12.1 Å². The van der Waals surface area contributed by atoms with Gasteiger partial charge in [-0.3, -0.25) is 14.4 Å². The lowest BCUT2D eigenvalue weighted by Gasteiger charge is -2.19. The Morgan fingerprint density at radius 3 is 2.58 bits per heavy atom. The van der Waals surface area contributed by atoms with Crippen molar-refractivity contribution in [1.29, 1.82) is 0 Å². The summed E-state index contributed by atoms with van der Waals surface area (Å²) in [6.07, 6.45) is 1.22. The Balaban J connectivity index is 1.46. The fraction of sp³-hybridized carbons (Fsp3) is 0.526. The summed E-state index contributed by atoms with van der Waals surface area (Å²) in [5.74, 6) is 1.04. The molecule has 1 saturated carbocycles. The molecular formula is C19H23N3O4. The number of piperidine rings is 1. The molecule has 138 valence electrons. The van der Waals surface area contributed by atoms with Gasteiger partial charge in [-0.2, -0.15) is 0 Å². The van der Waals surface area contributed by atoms with Gasteiger partial charge in [0, 0.05) is 56.4 Å². The molecule has 3 amide bonds. The van der Waals surface area contributed by atoms with Gasteiger partial charge < -0.3 is 20.3 Å². The average Bonchev–Trinajstić information content (AvgIpc) is 3.05. The quantitative estimate of drug-likeness (QED) is 0.825. The Bertz CT molecular complexity index is 779. The predicted molar refractivity (Wildman–Crippen MR) is 94.1 cm³/mol. The van der Waals surface area contributed by atoms with Crippen molar-refractivity contribution in [2.24, 2.45) is 11.8 Å². The SMILES string of the molecule is CCC(=O)N1CC2C(C1)C2NC(=O)c1cc2c(c(C(=O)NC)c1)OCC2. The van der Waals surface area contributed by atoms with Crippen LogP contribution in [0, 0.1) is 11.8 Å². The predicted octanol–water partition coefficient (Wildman–Crippen LogP) is 0.578. The first-order valence-electron chi connectivity index (χ1n) is 9.14. The minimum atomic E-state index is -0.255. The second kappa shape index (κ2) is 6.30. The topological polar surface area (TPSA) is 87.7 Å². The Labute approximate surface area is 152 Å². The summed E-state index contributed by atoms with van der Waals surface area (Å²) in [6.45, 7) is 3.85. The van der Waals surface area contributed by atoms with E-state index in [2.05, 4.69) is 10.6 Å². The van der Waals surface area contributed by atoms with E-state index < -0.39 is 0 Å². The van der Waals surface area contributed by atoms with Crippen molar-refractivity contribution >= 4 is 17.7 Å². The highest BCUT2D eigenvalue weighted by atomic mass is 16.5. The van der Waals surface area contributed by atoms with Crippen LogP contribution in [0.25, 0.3) is 0 Å². The van der Waals surface area contributed by atoms with Crippen LogP contribution in [-0.4, -0.2) is 55.4 Å². The molecule has 2 atom stereocenters. The van der Waals surface area contributed by atoms with Crippen LogP contribution in [0.5, 0.6) is 5.75 Å². The second-order valence-electron chi connectivity index (χ2n) is 7.17. The molecule has 1 saturated heterocycles. The molecule has 2 heterocycles. The van der Waals surface area contributed by atoms with Gasteiger partial charge in [0.15, 0.2) is 0 Å². The lowest BCUT2D eigenvalue weighted by atomic mass is 10.0. The molecule has 0 radical (unpaired) electrons. The van der Waals surface area contributed by atoms with Gasteiger partial charge in [0.2, 0.25) is 5.91 Å². The van der Waals surface area contributed by atoms with Gasteiger partial charge in [-0.1, -0.05) is 6.92 Å². The summed E-state index contributed by atoms with van der Waals surface area (Å²) in [5.41, 5.74) is 1.79. The van der Waals surface area contributed by atoms with E-state index in [9.17, 15) is 14.4 Å². The van der Waals surface area contributed by atoms with Crippen molar-refractivity contribution in [2.75, 3.05) is 26.7 Å². The van der Waals surface area contributed by atoms with E-state index in [-0.39, 0.29) is 23.8 Å². The van der Waals surface area contributed by atoms with Gasteiger partial charge in [0.1, 0.15) is 5.75 Å². The van der Waals surface area contributed by atoms with Gasteiger partial charge >= 0.3 is 0 Å². The molecule has 2 aliphatic heterocycles. The summed E-state index contributed by atoms with van der Waals surface area (Å²) < 4.78 is 5.56. The van der Waals surface area contributed by atoms with E-state index in [1.54, 1.807) is 13.1 Å². The smallest absolute Gasteiger partial charge is 0.254 e. The van der Waals surface area contributed by atoms with Crippen LogP contribution in [0.2, 0.25) is 0 Å². The maximum atomic E-state index is 12.7. The molecule has 4 rings (SSSR count). The Morgan fingerprint density at radius 2 is 1.92 bits per heavy atom. The molecule has 1 aliphatic carbocycles. The van der Waals surface area contributed by atoms with Crippen LogP contribution in [0.1, 0.15) is 39.6 Å². The molecule has 0 spiro atoms. The number of likely N-dealkylation sites (tertiary alicyclic amines) is 1. The number of nitrogens with zero attached hydrogens (tertiary/aromatic N) is 1. The van der Waals surface area contributed by atoms with Crippen LogP contribution in [0.3, 0.4) is 0 Å². The molecule has 1 aromatic rings. The van der Waals surface area contributed by atoms with Gasteiger partial charge in [0.05, 0.1) is 12.2 Å². The third-order valence-corrected chi connectivity index (χ3v) is 5.66. The van der Waals surface area contributed by atoms with E-state index in [1.165, 1.54) is 0 Å². The van der Waals surface area contributed by atoms with Crippen molar-refractivity contribution in [3.63, 3.8) is 0 Å². The number of amides is 3. The van der Waals surface area contributed by atoms with Crippen LogP contribution < -0.4 is 15.4 Å². The summed E-state index contributed by atoms with van der Waals surface area (Å²) in [5, 5.41) is 5.67. The van der Waals surface area contributed by atoms with Gasteiger partial charge in [-0.05, 0) is 17.7 Å². The maximum absolute atomic E-state index is 12.7. The largest absolute Gasteiger partial charge is 0.492 e. The number of carbonyl (C=O) groups excluding carboxylic acids is 3. The third kappa shape index (κ3) is 2.71. The van der Waals surface area contributed by atoms with E-state index >= 15 is 0 Å². The van der Waals surface area contributed by atoms with E-state index in [4.69, 9.17) is 4.74 Å². The average molecular weight is 357 g/mol. The molecule has 0 bridgehead atoms. The van der Waals surface area contributed by atoms with Crippen molar-refractivity contribution in [3.8, 4) is 5.75 Å². The number of rotatable bonds is 4. The van der Waals surface area contributed by atoms with Crippen molar-refractivity contribution in [2.45, 2.75) is 25.8 Å². The zero-order valence-corrected chi connectivity index (χ0v) is 15.0. The molecule has 2 fully saturated rings. The normalized spacial score (nSPS) is 25.2. The lowest BCUT2D eigenvalue weighted by Crippen LogP contribution is -2.37. The van der Waals surface area contributed by atoms with Crippen LogP contribution in [-0.2, 0) is 11.2 Å². The van der Waals surface area contributed by atoms with Crippen molar-refractivity contribution < 1.29 is 19.1 Å². The number of ether oxygens (including phenoxy) is 1. The minimum absolute atomic E-state index is 0.122. The minimum Gasteiger partial charge on any atom is -0.492 e. The van der Waals surface area contributed by atoms with E-state index in [0.717, 1.165) is 18.7 Å². The first-order valence-corrected chi connectivity index (χ1v) is 9.14. The van der Waals surface area contributed by atoms with Gasteiger partial charge in [-0.25, -0.2) is 0 Å². The third-order valence-electron chi connectivity index (χ3n) is 5.66. The Kier molecular flexibility index (Phi) is 4.09. The highest BCUT2D eigenvalue weighted by Crippen LogP contribution is 2.45. The fourth-order valence-electron chi connectivity index (χ4n) is 4.15. The number of benzene rings is 1. The van der Waals surface area contributed by atoms with Crippen molar-refractivity contribution in [3.05, 3.63) is 28.8 Å². The molecule has 3 aliphatic rings. The summed E-state index contributed by atoms with van der Waals surface area (Å²) >= 11 is 0. The Hall–Kier alpha value is -2.57. The maximum Gasteiger partial charge on any atom is 0.254 e. The summed E-state index contributed by atoms with van der Waals surface area (Å²) in [7, 11) is 1.56. The fourth-order valence-corrected chi connectivity index (χ4v) is 4.15. The van der Waals surface area contributed by atoms with Crippen LogP contribution in [0.4, 0.5) is 0 Å². The lowest BCUT2D eigenvalue weighted by molar-refractivity contribution is -0.130. The number of fused-ring (bicyclic) bond motifs is 2. The molecule has 7 nitrogen and oxygen atoms in total. The second-order valence-corrected chi connectivity index (χ2v) is 7.17. The molecule has 7 heteroatoms. The molecule has 2 unspecified atom stereocenters. The molecule has 1 aromatic carbocycles. The first-order chi connectivity index (χ1) is 12.5. The monoisotopic (exact) mass is 357 g/mol. The zero-order valence-electron chi connectivity index (χ0n) is 15.0. The van der Waals surface area contributed by atoms with E-state index in [1.807, 2.05) is 17.9 Å². The van der Waals surface area contributed by atoms with Crippen molar-refractivity contribution in [1.82, 2.24) is 15.5 Å². The van der Waals surface area contributed by atoms with Gasteiger partial charge in [-0.15, -0.1) is 0 Å². The summed E-state index contributed by atoms with van der Waals surface area (Å²) in [4.78, 5) is 38.4. The zero-order chi connectivity index (χ0) is 18.4. The molecule has 26 heavy (non-hydrogen) atoms. The number of hydrogen-bond acceptors (Lipinski definition) is 4. The molecular weight excluding hydrogens is 334 g/mol. The standard InChI is InChI=1S/C19H23N3O4/c1-3-15(23)22-8-13-14(9-22)16(13)21-18(24)11-6-10-4-5-26-17(10)12(7-11)19(25)20-2/h6-7,13-14,16H,3-5,8-9H2,1-2H3,(H,20,25)(H,21,24). The number of carbonyl (C=O) groups is 3. The highest BCUT2D eigenvalue weighted by molar-refractivity contribution is 6.02. The summed E-state index contributed by atoms with van der Waals surface area (Å²) in [6, 6.07) is 3.54. The molecule has 2 N–H and O–H groups in total.